The molecule has 0 aliphatic carbocycles. The number of para-hydroxylation sites is 1. The molecule has 108 valence electrons. The van der Waals surface area contributed by atoms with E-state index in [-0.39, 0.29) is 5.97 Å². The van der Waals surface area contributed by atoms with Crippen molar-refractivity contribution in [2.45, 2.75) is 12.8 Å². The number of aryl methyl sites for hydroxylation is 1. The Hall–Kier alpha value is -2.29. The zero-order valence-corrected chi connectivity index (χ0v) is 12.0. The maximum atomic E-state index is 11.9. The summed E-state index contributed by atoms with van der Waals surface area (Å²) in [4.78, 5) is 14.2. The third-order valence-electron chi connectivity index (χ3n) is 3.81. The van der Waals surface area contributed by atoms with Gasteiger partial charge in [-0.05, 0) is 36.6 Å². The van der Waals surface area contributed by atoms with Crippen LogP contribution >= 0.6 is 0 Å². The third-order valence-corrected chi connectivity index (χ3v) is 3.81. The van der Waals surface area contributed by atoms with Gasteiger partial charge < -0.3 is 9.64 Å². The van der Waals surface area contributed by atoms with Gasteiger partial charge in [0.25, 0.3) is 0 Å². The lowest BCUT2D eigenvalue weighted by Crippen LogP contribution is -2.32. The predicted molar refractivity (Wildman–Crippen MR) is 83.7 cm³/mol. The molecule has 0 N–H and O–H groups in total. The number of ether oxygens (including phenoxy) is 1. The molecular weight excluding hydrogens is 262 g/mol. The minimum absolute atomic E-state index is 0.249. The number of carbonyl (C=O) groups is 1. The highest BCUT2D eigenvalue weighted by atomic mass is 16.5. The van der Waals surface area contributed by atoms with Gasteiger partial charge in [-0.1, -0.05) is 36.4 Å². The second kappa shape index (κ2) is 6.44. The molecule has 0 spiro atoms. The van der Waals surface area contributed by atoms with E-state index >= 15 is 0 Å². The lowest BCUT2D eigenvalue weighted by molar-refractivity contribution is 0.0515. The predicted octanol–water partition coefficient (Wildman–Crippen LogP) is 3.30. The standard InChI is InChI=1S/C18H19NO2/c20-18(16-8-2-1-3-9-16)21-14-13-19-12-6-10-15-7-4-5-11-17(15)19/h1-5,7-9,11H,6,10,12-14H2. The number of nitrogens with zero attached hydrogens (tertiary/aromatic N) is 1. The van der Waals surface area contributed by atoms with Gasteiger partial charge in [-0.15, -0.1) is 0 Å². The summed E-state index contributed by atoms with van der Waals surface area (Å²) in [6.45, 7) is 2.19. The summed E-state index contributed by atoms with van der Waals surface area (Å²) in [6, 6.07) is 17.6. The topological polar surface area (TPSA) is 29.5 Å². The second-order valence-corrected chi connectivity index (χ2v) is 5.22. The molecule has 0 radical (unpaired) electrons. The van der Waals surface area contributed by atoms with E-state index in [1.54, 1.807) is 12.1 Å². The van der Waals surface area contributed by atoms with Crippen LogP contribution in [0.5, 0.6) is 0 Å². The van der Waals surface area contributed by atoms with Gasteiger partial charge in [-0.3, -0.25) is 0 Å². The number of fused-ring (bicyclic) bond motifs is 1. The molecule has 2 aromatic rings. The number of benzene rings is 2. The summed E-state index contributed by atoms with van der Waals surface area (Å²) in [6.07, 6.45) is 2.29. The summed E-state index contributed by atoms with van der Waals surface area (Å²) in [5, 5.41) is 0. The van der Waals surface area contributed by atoms with Gasteiger partial charge in [-0.2, -0.15) is 0 Å². The first-order valence-corrected chi connectivity index (χ1v) is 7.39. The summed E-state index contributed by atoms with van der Waals surface area (Å²) >= 11 is 0. The molecule has 0 fully saturated rings. The van der Waals surface area contributed by atoms with Crippen molar-refractivity contribution in [2.24, 2.45) is 0 Å². The molecule has 0 atom stereocenters. The minimum Gasteiger partial charge on any atom is -0.460 e. The van der Waals surface area contributed by atoms with Crippen molar-refractivity contribution >= 4 is 11.7 Å². The van der Waals surface area contributed by atoms with Crippen LogP contribution < -0.4 is 4.90 Å². The van der Waals surface area contributed by atoms with E-state index in [1.165, 1.54) is 11.3 Å². The van der Waals surface area contributed by atoms with Gasteiger partial charge in [0.15, 0.2) is 0 Å². The Balaban J connectivity index is 1.56. The molecule has 3 rings (SSSR count). The number of hydrogen-bond acceptors (Lipinski definition) is 3. The fraction of sp³-hybridized carbons (Fsp3) is 0.278. The fourth-order valence-electron chi connectivity index (χ4n) is 2.75. The van der Waals surface area contributed by atoms with Crippen LogP contribution in [0.15, 0.2) is 54.6 Å². The average Bonchev–Trinajstić information content (AvgIpc) is 2.56. The smallest absolute Gasteiger partial charge is 0.338 e. The minimum atomic E-state index is -0.249. The van der Waals surface area contributed by atoms with Crippen LogP contribution in [-0.2, 0) is 11.2 Å². The Morgan fingerprint density at radius 3 is 2.67 bits per heavy atom. The van der Waals surface area contributed by atoms with Gasteiger partial charge >= 0.3 is 5.97 Å². The zero-order chi connectivity index (χ0) is 14.5. The van der Waals surface area contributed by atoms with E-state index in [2.05, 4.69) is 29.2 Å². The van der Waals surface area contributed by atoms with Gasteiger partial charge in [0.1, 0.15) is 6.61 Å². The van der Waals surface area contributed by atoms with Crippen molar-refractivity contribution < 1.29 is 9.53 Å². The number of anilines is 1. The van der Waals surface area contributed by atoms with Gasteiger partial charge in [-0.25, -0.2) is 4.79 Å². The number of rotatable bonds is 4. The van der Waals surface area contributed by atoms with E-state index in [1.807, 2.05) is 18.2 Å². The van der Waals surface area contributed by atoms with Crippen LogP contribution in [0, 0.1) is 0 Å². The Kier molecular flexibility index (Phi) is 4.20. The van der Waals surface area contributed by atoms with E-state index in [9.17, 15) is 4.79 Å². The molecular formula is C18H19NO2. The third kappa shape index (κ3) is 3.24. The van der Waals surface area contributed by atoms with Crippen molar-refractivity contribution in [1.82, 2.24) is 0 Å². The average molecular weight is 281 g/mol. The molecule has 1 heterocycles. The van der Waals surface area contributed by atoms with Crippen molar-refractivity contribution in [3.8, 4) is 0 Å². The normalized spacial score (nSPS) is 13.6. The number of esters is 1. The molecule has 0 amide bonds. The van der Waals surface area contributed by atoms with Crippen LogP contribution in [0.1, 0.15) is 22.3 Å². The SMILES string of the molecule is O=C(OCCN1CCCc2ccccc21)c1ccccc1. The summed E-state index contributed by atoms with van der Waals surface area (Å²) in [5.41, 5.74) is 3.27. The molecule has 3 nitrogen and oxygen atoms in total. The second-order valence-electron chi connectivity index (χ2n) is 5.22. The van der Waals surface area contributed by atoms with Gasteiger partial charge in [0, 0.05) is 12.2 Å². The molecule has 0 unspecified atom stereocenters. The Labute approximate surface area is 125 Å². The van der Waals surface area contributed by atoms with Crippen LogP contribution in [0.4, 0.5) is 5.69 Å². The van der Waals surface area contributed by atoms with Crippen LogP contribution in [0.25, 0.3) is 0 Å². The van der Waals surface area contributed by atoms with Crippen LogP contribution in [-0.4, -0.2) is 25.7 Å². The van der Waals surface area contributed by atoms with E-state index in [0.29, 0.717) is 12.2 Å². The molecule has 0 bridgehead atoms. The molecule has 1 aliphatic rings. The van der Waals surface area contributed by atoms with E-state index in [4.69, 9.17) is 4.74 Å². The van der Waals surface area contributed by atoms with Crippen LogP contribution in [0.2, 0.25) is 0 Å². The monoisotopic (exact) mass is 281 g/mol. The Morgan fingerprint density at radius 2 is 1.81 bits per heavy atom. The maximum absolute atomic E-state index is 11.9. The quantitative estimate of drug-likeness (QED) is 0.805. The summed E-state index contributed by atoms with van der Waals surface area (Å²) < 4.78 is 5.37. The first-order valence-electron chi connectivity index (χ1n) is 7.39. The summed E-state index contributed by atoms with van der Waals surface area (Å²) in [5.74, 6) is -0.249. The highest BCUT2D eigenvalue weighted by Gasteiger charge is 2.16. The van der Waals surface area contributed by atoms with Crippen molar-refractivity contribution in [3.63, 3.8) is 0 Å². The number of hydrogen-bond donors (Lipinski definition) is 0. The molecule has 1 aliphatic heterocycles. The maximum Gasteiger partial charge on any atom is 0.338 e. The largest absolute Gasteiger partial charge is 0.460 e. The lowest BCUT2D eigenvalue weighted by atomic mass is 10.0. The molecule has 2 aromatic carbocycles. The first-order chi connectivity index (χ1) is 10.3. The molecule has 0 aromatic heterocycles. The fourth-order valence-corrected chi connectivity index (χ4v) is 2.75. The van der Waals surface area contributed by atoms with E-state index < -0.39 is 0 Å². The van der Waals surface area contributed by atoms with Gasteiger partial charge in [0.05, 0.1) is 12.1 Å². The number of carbonyl (C=O) groups excluding carboxylic acids is 1. The lowest BCUT2D eigenvalue weighted by Gasteiger charge is -2.31. The molecule has 3 heteroatoms. The zero-order valence-electron chi connectivity index (χ0n) is 12.0. The van der Waals surface area contributed by atoms with Crippen LogP contribution in [0.3, 0.4) is 0 Å². The molecule has 0 saturated heterocycles. The van der Waals surface area contributed by atoms with E-state index in [0.717, 1.165) is 25.9 Å². The summed E-state index contributed by atoms with van der Waals surface area (Å²) in [7, 11) is 0. The molecule has 21 heavy (non-hydrogen) atoms. The van der Waals surface area contributed by atoms with Crippen molar-refractivity contribution in [2.75, 3.05) is 24.6 Å². The van der Waals surface area contributed by atoms with Crippen molar-refractivity contribution in [3.05, 3.63) is 65.7 Å². The highest BCUT2D eigenvalue weighted by Crippen LogP contribution is 2.26. The molecule has 0 saturated carbocycles. The Morgan fingerprint density at radius 1 is 1.05 bits per heavy atom. The first kappa shape index (κ1) is 13.7. The van der Waals surface area contributed by atoms with Crippen molar-refractivity contribution in [1.29, 1.82) is 0 Å². The Bertz CT molecular complexity index is 610. The highest BCUT2D eigenvalue weighted by molar-refractivity contribution is 5.89. The van der Waals surface area contributed by atoms with Gasteiger partial charge in [0.2, 0.25) is 0 Å².